The van der Waals surface area contributed by atoms with E-state index in [0.29, 0.717) is 5.56 Å². The maximum atomic E-state index is 13.6. The van der Waals surface area contributed by atoms with Crippen LogP contribution in [-0.4, -0.2) is 43.7 Å². The SMILES string of the molecule is CN(C)S(=O)(=O)c1cc(C(=O)N(C2CC2)C2CCCc3ccccc32)ccc1Cl. The van der Waals surface area contributed by atoms with Crippen molar-refractivity contribution in [2.45, 2.75) is 49.1 Å². The number of sulfonamides is 1. The molecule has 5 nitrogen and oxygen atoms in total. The van der Waals surface area contributed by atoms with Crippen LogP contribution >= 0.6 is 11.6 Å². The average molecular weight is 433 g/mol. The molecule has 29 heavy (non-hydrogen) atoms. The predicted octanol–water partition coefficient (Wildman–Crippen LogP) is 4.27. The monoisotopic (exact) mass is 432 g/mol. The number of halogens is 1. The molecule has 1 unspecified atom stereocenters. The summed E-state index contributed by atoms with van der Waals surface area (Å²) in [6.07, 6.45) is 4.97. The molecule has 4 rings (SSSR count). The number of carbonyl (C=O) groups is 1. The summed E-state index contributed by atoms with van der Waals surface area (Å²) in [5.41, 5.74) is 2.88. The molecule has 0 saturated heterocycles. The number of carbonyl (C=O) groups excluding carboxylic acids is 1. The van der Waals surface area contributed by atoms with Gasteiger partial charge < -0.3 is 4.90 Å². The van der Waals surface area contributed by atoms with Crippen molar-refractivity contribution in [1.29, 1.82) is 0 Å². The van der Waals surface area contributed by atoms with Gasteiger partial charge in [0.15, 0.2) is 0 Å². The van der Waals surface area contributed by atoms with Crippen LogP contribution in [0, 0.1) is 0 Å². The van der Waals surface area contributed by atoms with Gasteiger partial charge in [-0.2, -0.15) is 0 Å². The molecule has 0 heterocycles. The van der Waals surface area contributed by atoms with Crippen molar-refractivity contribution in [3.8, 4) is 0 Å². The van der Waals surface area contributed by atoms with E-state index in [0.717, 1.165) is 36.4 Å². The van der Waals surface area contributed by atoms with Crippen LogP contribution in [0.25, 0.3) is 0 Å². The van der Waals surface area contributed by atoms with Crippen LogP contribution in [0.5, 0.6) is 0 Å². The van der Waals surface area contributed by atoms with Gasteiger partial charge in [-0.1, -0.05) is 35.9 Å². The highest BCUT2D eigenvalue weighted by Gasteiger charge is 2.40. The first-order valence-electron chi connectivity index (χ1n) is 9.93. The molecule has 1 amide bonds. The molecule has 1 atom stereocenters. The molecule has 0 N–H and O–H groups in total. The molecule has 0 radical (unpaired) electrons. The minimum Gasteiger partial charge on any atom is -0.329 e. The van der Waals surface area contributed by atoms with Gasteiger partial charge in [-0.15, -0.1) is 0 Å². The van der Waals surface area contributed by atoms with E-state index in [9.17, 15) is 13.2 Å². The molecule has 2 aromatic carbocycles. The molecule has 0 aliphatic heterocycles. The van der Waals surface area contributed by atoms with E-state index in [2.05, 4.69) is 12.1 Å². The van der Waals surface area contributed by atoms with Crippen molar-refractivity contribution in [2.75, 3.05) is 14.1 Å². The third-order valence-electron chi connectivity index (χ3n) is 5.79. The quantitative estimate of drug-likeness (QED) is 0.708. The molecule has 1 fully saturated rings. The van der Waals surface area contributed by atoms with Gasteiger partial charge in [0.25, 0.3) is 5.91 Å². The Kier molecular flexibility index (Phi) is 5.44. The van der Waals surface area contributed by atoms with Gasteiger partial charge in [-0.25, -0.2) is 12.7 Å². The molecule has 0 aromatic heterocycles. The number of hydrogen-bond donors (Lipinski definition) is 0. The van der Waals surface area contributed by atoms with E-state index in [-0.39, 0.29) is 27.9 Å². The third-order valence-corrected chi connectivity index (χ3v) is 8.08. The lowest BCUT2D eigenvalue weighted by molar-refractivity contribution is 0.0637. The fourth-order valence-electron chi connectivity index (χ4n) is 4.11. The highest BCUT2D eigenvalue weighted by Crippen LogP contribution is 2.42. The molecular weight excluding hydrogens is 408 g/mol. The minimum absolute atomic E-state index is 0.0320. The smallest absolute Gasteiger partial charge is 0.254 e. The van der Waals surface area contributed by atoms with Crippen molar-refractivity contribution in [3.05, 3.63) is 64.2 Å². The van der Waals surface area contributed by atoms with Crippen LogP contribution in [0.1, 0.15) is 53.2 Å². The lowest BCUT2D eigenvalue weighted by Crippen LogP contribution is -2.38. The largest absolute Gasteiger partial charge is 0.329 e. The summed E-state index contributed by atoms with van der Waals surface area (Å²) >= 11 is 6.17. The second-order valence-corrected chi connectivity index (χ2v) is 10.5. The average Bonchev–Trinajstić information content (AvgIpc) is 3.53. The molecule has 0 bridgehead atoms. The Balaban J connectivity index is 1.73. The standard InChI is InChI=1S/C22H25ClN2O3S/c1-24(2)29(27,28)21-14-16(10-13-19(21)23)22(26)25(17-11-12-17)20-9-5-7-15-6-3-4-8-18(15)20/h3-4,6,8,10,13-14,17,20H,5,7,9,11-12H2,1-2H3. The summed E-state index contributed by atoms with van der Waals surface area (Å²) in [5.74, 6) is -0.124. The second-order valence-electron chi connectivity index (χ2n) is 7.98. The minimum atomic E-state index is -3.74. The van der Waals surface area contributed by atoms with Crippen LogP contribution in [0.15, 0.2) is 47.4 Å². The fourth-order valence-corrected chi connectivity index (χ4v) is 5.51. The maximum Gasteiger partial charge on any atom is 0.254 e. The summed E-state index contributed by atoms with van der Waals surface area (Å²) in [6.45, 7) is 0. The number of amides is 1. The molecular formula is C22H25ClN2O3S. The number of hydrogen-bond acceptors (Lipinski definition) is 3. The molecule has 154 valence electrons. The van der Waals surface area contributed by atoms with Gasteiger partial charge in [0.2, 0.25) is 10.0 Å². The highest BCUT2D eigenvalue weighted by atomic mass is 35.5. The van der Waals surface area contributed by atoms with Gasteiger partial charge in [0, 0.05) is 25.7 Å². The van der Waals surface area contributed by atoms with Crippen LogP contribution in [0.2, 0.25) is 5.02 Å². The number of aryl methyl sites for hydroxylation is 1. The zero-order chi connectivity index (χ0) is 20.8. The Morgan fingerprint density at radius 3 is 2.48 bits per heavy atom. The lowest BCUT2D eigenvalue weighted by atomic mass is 9.86. The molecule has 2 aromatic rings. The van der Waals surface area contributed by atoms with E-state index in [4.69, 9.17) is 11.6 Å². The first kappa shape index (κ1) is 20.4. The summed E-state index contributed by atoms with van der Waals surface area (Å²) in [7, 11) is -0.829. The van der Waals surface area contributed by atoms with Crippen LogP contribution in [-0.2, 0) is 16.4 Å². The van der Waals surface area contributed by atoms with Crippen molar-refractivity contribution in [1.82, 2.24) is 9.21 Å². The molecule has 1 saturated carbocycles. The van der Waals surface area contributed by atoms with Gasteiger partial charge in [0.05, 0.1) is 11.1 Å². The summed E-state index contributed by atoms with van der Waals surface area (Å²) in [6, 6.07) is 13.1. The Morgan fingerprint density at radius 2 is 1.79 bits per heavy atom. The predicted molar refractivity (Wildman–Crippen MR) is 114 cm³/mol. The Hall–Kier alpha value is -1.89. The van der Waals surface area contributed by atoms with Gasteiger partial charge in [0.1, 0.15) is 4.90 Å². The van der Waals surface area contributed by atoms with Crippen LogP contribution < -0.4 is 0 Å². The van der Waals surface area contributed by atoms with E-state index in [1.165, 1.54) is 37.4 Å². The van der Waals surface area contributed by atoms with Crippen LogP contribution in [0.4, 0.5) is 0 Å². The Labute approximate surface area is 177 Å². The van der Waals surface area contributed by atoms with E-state index in [1.54, 1.807) is 6.07 Å². The normalized spacial score (nSPS) is 19.1. The first-order chi connectivity index (χ1) is 13.8. The van der Waals surface area contributed by atoms with Crippen molar-refractivity contribution in [2.24, 2.45) is 0 Å². The number of nitrogens with zero attached hydrogens (tertiary/aromatic N) is 2. The van der Waals surface area contributed by atoms with Gasteiger partial charge in [-0.3, -0.25) is 4.79 Å². The second kappa shape index (κ2) is 7.74. The number of rotatable bonds is 5. The zero-order valence-corrected chi connectivity index (χ0v) is 18.2. The van der Waals surface area contributed by atoms with E-state index < -0.39 is 10.0 Å². The van der Waals surface area contributed by atoms with Crippen molar-refractivity contribution >= 4 is 27.5 Å². The fraction of sp³-hybridized carbons (Fsp3) is 0.409. The summed E-state index contributed by atoms with van der Waals surface area (Å²) in [4.78, 5) is 15.5. The summed E-state index contributed by atoms with van der Waals surface area (Å²) < 4.78 is 26.4. The van der Waals surface area contributed by atoms with Crippen molar-refractivity contribution in [3.63, 3.8) is 0 Å². The maximum absolute atomic E-state index is 13.6. The Bertz CT molecular complexity index is 1050. The number of benzene rings is 2. The lowest BCUT2D eigenvalue weighted by Gasteiger charge is -2.36. The van der Waals surface area contributed by atoms with Crippen molar-refractivity contribution < 1.29 is 13.2 Å². The molecule has 2 aliphatic carbocycles. The highest BCUT2D eigenvalue weighted by molar-refractivity contribution is 7.89. The van der Waals surface area contributed by atoms with E-state index in [1.807, 2.05) is 17.0 Å². The van der Waals surface area contributed by atoms with Gasteiger partial charge >= 0.3 is 0 Å². The first-order valence-corrected chi connectivity index (χ1v) is 11.7. The molecule has 2 aliphatic rings. The van der Waals surface area contributed by atoms with Crippen LogP contribution in [0.3, 0.4) is 0 Å². The Morgan fingerprint density at radius 1 is 1.07 bits per heavy atom. The molecule has 0 spiro atoms. The number of fused-ring (bicyclic) bond motifs is 1. The topological polar surface area (TPSA) is 57.7 Å². The van der Waals surface area contributed by atoms with E-state index >= 15 is 0 Å². The third kappa shape index (κ3) is 3.81. The molecule has 7 heteroatoms. The van der Waals surface area contributed by atoms with Gasteiger partial charge in [-0.05, 0) is 61.4 Å². The zero-order valence-electron chi connectivity index (χ0n) is 16.6. The summed E-state index contributed by atoms with van der Waals surface area (Å²) in [5, 5.41) is 0.122.